The Morgan fingerprint density at radius 1 is 1.50 bits per heavy atom. The molecular formula is C7H13NO6S2. The maximum absolute atomic E-state index is 11.5. The van der Waals surface area contributed by atoms with Crippen LogP contribution >= 0.6 is 0 Å². The zero-order valence-corrected chi connectivity index (χ0v) is 10.3. The Labute approximate surface area is 94.0 Å². The van der Waals surface area contributed by atoms with Crippen molar-refractivity contribution in [1.82, 2.24) is 4.31 Å². The van der Waals surface area contributed by atoms with E-state index in [2.05, 4.69) is 0 Å². The Kier molecular flexibility index (Phi) is 3.60. The average Bonchev–Trinajstić information content (AvgIpc) is 2.42. The van der Waals surface area contributed by atoms with E-state index >= 15 is 0 Å². The van der Waals surface area contributed by atoms with E-state index in [1.165, 1.54) is 7.05 Å². The molecule has 16 heavy (non-hydrogen) atoms. The van der Waals surface area contributed by atoms with Crippen LogP contribution in [0.2, 0.25) is 0 Å². The molecule has 0 saturated carbocycles. The fraction of sp³-hybridized carbons (Fsp3) is 0.857. The van der Waals surface area contributed by atoms with E-state index in [9.17, 15) is 21.6 Å². The molecule has 0 aromatic rings. The number of sulfonamides is 1. The van der Waals surface area contributed by atoms with Crippen molar-refractivity contribution < 1.29 is 26.7 Å². The van der Waals surface area contributed by atoms with Crippen molar-refractivity contribution in [2.24, 2.45) is 0 Å². The molecule has 1 aliphatic heterocycles. The molecule has 9 heteroatoms. The molecule has 1 fully saturated rings. The Hall–Kier alpha value is -0.670. The summed E-state index contributed by atoms with van der Waals surface area (Å²) in [5.74, 6) is -2.75. The lowest BCUT2D eigenvalue weighted by molar-refractivity contribution is -0.134. The average molecular weight is 271 g/mol. The molecule has 0 radical (unpaired) electrons. The minimum Gasteiger partial charge on any atom is -0.480 e. The number of carbonyl (C=O) groups is 1. The van der Waals surface area contributed by atoms with Gasteiger partial charge < -0.3 is 5.11 Å². The normalized spacial score (nSPS) is 24.8. The molecule has 1 saturated heterocycles. The summed E-state index contributed by atoms with van der Waals surface area (Å²) in [6.45, 7) is 0. The minimum atomic E-state index is -3.92. The third-order valence-electron chi connectivity index (χ3n) is 2.47. The first-order chi connectivity index (χ1) is 7.14. The van der Waals surface area contributed by atoms with Crippen molar-refractivity contribution in [3.63, 3.8) is 0 Å². The molecule has 1 rings (SSSR count). The maximum atomic E-state index is 11.5. The van der Waals surface area contributed by atoms with Crippen LogP contribution in [0, 0.1) is 0 Å². The summed E-state index contributed by atoms with van der Waals surface area (Å²) >= 11 is 0. The third kappa shape index (κ3) is 3.16. The van der Waals surface area contributed by atoms with Gasteiger partial charge in [0.25, 0.3) is 0 Å². The SMILES string of the molecule is CN(C1CCS(=O)(=O)C1)S(=O)(=O)CC(=O)O. The van der Waals surface area contributed by atoms with Crippen LogP contribution in [-0.2, 0) is 24.7 Å². The summed E-state index contributed by atoms with van der Waals surface area (Å²) in [5.41, 5.74) is 0. The van der Waals surface area contributed by atoms with Crippen molar-refractivity contribution in [1.29, 1.82) is 0 Å². The van der Waals surface area contributed by atoms with E-state index in [0.29, 0.717) is 0 Å². The molecule has 0 aromatic heterocycles. The number of sulfone groups is 1. The Morgan fingerprint density at radius 2 is 2.06 bits per heavy atom. The topological polar surface area (TPSA) is 109 Å². The van der Waals surface area contributed by atoms with Gasteiger partial charge in [-0.15, -0.1) is 0 Å². The number of hydrogen-bond donors (Lipinski definition) is 1. The maximum Gasteiger partial charge on any atom is 0.320 e. The van der Waals surface area contributed by atoms with E-state index in [1.54, 1.807) is 0 Å². The number of aliphatic carboxylic acids is 1. The van der Waals surface area contributed by atoms with Crippen LogP contribution < -0.4 is 0 Å². The van der Waals surface area contributed by atoms with Gasteiger partial charge in [0.15, 0.2) is 15.6 Å². The summed E-state index contributed by atoms with van der Waals surface area (Å²) < 4.78 is 46.1. The van der Waals surface area contributed by atoms with Crippen molar-refractivity contribution in [2.75, 3.05) is 24.3 Å². The van der Waals surface area contributed by atoms with Crippen LogP contribution in [0.5, 0.6) is 0 Å². The van der Waals surface area contributed by atoms with Crippen molar-refractivity contribution in [2.45, 2.75) is 12.5 Å². The molecule has 1 heterocycles. The van der Waals surface area contributed by atoms with E-state index in [-0.39, 0.29) is 17.9 Å². The van der Waals surface area contributed by atoms with Gasteiger partial charge in [-0.1, -0.05) is 0 Å². The van der Waals surface area contributed by atoms with Crippen molar-refractivity contribution in [3.8, 4) is 0 Å². The van der Waals surface area contributed by atoms with E-state index < -0.39 is 37.6 Å². The van der Waals surface area contributed by atoms with E-state index in [4.69, 9.17) is 5.11 Å². The number of hydrogen-bond acceptors (Lipinski definition) is 5. The van der Waals surface area contributed by atoms with Gasteiger partial charge in [0, 0.05) is 13.1 Å². The highest BCUT2D eigenvalue weighted by Gasteiger charge is 2.36. The molecule has 1 aliphatic rings. The fourth-order valence-electron chi connectivity index (χ4n) is 1.55. The smallest absolute Gasteiger partial charge is 0.320 e. The van der Waals surface area contributed by atoms with Crippen molar-refractivity contribution in [3.05, 3.63) is 0 Å². The summed E-state index contributed by atoms with van der Waals surface area (Å²) in [5, 5.41) is 8.42. The van der Waals surface area contributed by atoms with E-state index in [0.717, 1.165) is 4.31 Å². The zero-order chi connectivity index (χ0) is 12.6. The Bertz CT molecular complexity index is 479. The lowest BCUT2D eigenvalue weighted by Gasteiger charge is -2.21. The molecular weight excluding hydrogens is 258 g/mol. The fourth-order valence-corrected chi connectivity index (χ4v) is 4.57. The summed E-state index contributed by atoms with van der Waals surface area (Å²) in [7, 11) is -5.89. The first-order valence-corrected chi connectivity index (χ1v) is 7.95. The second-order valence-electron chi connectivity index (χ2n) is 3.72. The van der Waals surface area contributed by atoms with Gasteiger partial charge in [0.1, 0.15) is 0 Å². The lowest BCUT2D eigenvalue weighted by atomic mass is 10.3. The molecule has 0 bridgehead atoms. The molecule has 94 valence electrons. The third-order valence-corrected chi connectivity index (χ3v) is 6.01. The van der Waals surface area contributed by atoms with Crippen LogP contribution in [-0.4, -0.2) is 62.6 Å². The molecule has 0 spiro atoms. The van der Waals surface area contributed by atoms with Gasteiger partial charge in [0.2, 0.25) is 10.0 Å². The van der Waals surface area contributed by atoms with Crippen LogP contribution in [0.3, 0.4) is 0 Å². The summed E-state index contributed by atoms with van der Waals surface area (Å²) in [4.78, 5) is 10.3. The second-order valence-corrected chi connectivity index (χ2v) is 7.98. The molecule has 0 aromatic carbocycles. The molecule has 1 unspecified atom stereocenters. The van der Waals surface area contributed by atoms with Gasteiger partial charge in [-0.2, -0.15) is 0 Å². The number of carboxylic acid groups (broad SMARTS) is 1. The molecule has 1 N–H and O–H groups in total. The largest absolute Gasteiger partial charge is 0.480 e. The Balaban J connectivity index is 2.80. The number of rotatable bonds is 4. The van der Waals surface area contributed by atoms with Crippen LogP contribution in [0.15, 0.2) is 0 Å². The van der Waals surface area contributed by atoms with Gasteiger partial charge in [-0.25, -0.2) is 21.1 Å². The Morgan fingerprint density at radius 3 is 2.44 bits per heavy atom. The quantitative estimate of drug-likeness (QED) is 0.668. The zero-order valence-electron chi connectivity index (χ0n) is 8.66. The first kappa shape index (κ1) is 13.4. The standard InChI is InChI=1S/C7H13NO6S2/c1-8(16(13,14)5-7(9)10)6-2-3-15(11,12)4-6/h6H,2-5H2,1H3,(H,9,10). The van der Waals surface area contributed by atoms with Gasteiger partial charge in [0.05, 0.1) is 11.5 Å². The lowest BCUT2D eigenvalue weighted by Crippen LogP contribution is -2.40. The molecule has 1 atom stereocenters. The predicted octanol–water partition coefficient (Wildman–Crippen LogP) is -1.48. The molecule has 0 amide bonds. The minimum absolute atomic E-state index is 0.0510. The van der Waals surface area contributed by atoms with E-state index in [1.807, 2.05) is 0 Å². The highest BCUT2D eigenvalue weighted by Crippen LogP contribution is 2.19. The summed E-state index contributed by atoms with van der Waals surface area (Å²) in [6.07, 6.45) is 0.220. The molecule has 0 aliphatic carbocycles. The number of carboxylic acids is 1. The molecule has 7 nitrogen and oxygen atoms in total. The van der Waals surface area contributed by atoms with Gasteiger partial charge in [-0.3, -0.25) is 4.79 Å². The highest BCUT2D eigenvalue weighted by molar-refractivity contribution is 7.92. The van der Waals surface area contributed by atoms with Crippen LogP contribution in [0.4, 0.5) is 0 Å². The monoisotopic (exact) mass is 271 g/mol. The highest BCUT2D eigenvalue weighted by atomic mass is 32.2. The first-order valence-electron chi connectivity index (χ1n) is 4.52. The second kappa shape index (κ2) is 4.30. The van der Waals surface area contributed by atoms with Crippen LogP contribution in [0.25, 0.3) is 0 Å². The van der Waals surface area contributed by atoms with Crippen LogP contribution in [0.1, 0.15) is 6.42 Å². The van der Waals surface area contributed by atoms with Crippen molar-refractivity contribution >= 4 is 25.8 Å². The predicted molar refractivity (Wildman–Crippen MR) is 56.2 cm³/mol. The van der Waals surface area contributed by atoms with Gasteiger partial charge in [-0.05, 0) is 6.42 Å². The van der Waals surface area contributed by atoms with Gasteiger partial charge >= 0.3 is 5.97 Å². The summed E-state index contributed by atoms with van der Waals surface area (Å²) in [6, 6.07) is -0.644. The number of nitrogens with zero attached hydrogens (tertiary/aromatic N) is 1.